The number of piperazine rings is 1. The molecule has 4 rings (SSSR count). The fraction of sp³-hybridized carbons (Fsp3) is 0.357. The van der Waals surface area contributed by atoms with Gasteiger partial charge in [-0.05, 0) is 13.0 Å². The maximum atomic E-state index is 4.49. The molecule has 0 bridgehead atoms. The first-order valence-electron chi connectivity index (χ1n) is 7.02. The average molecular weight is 300 g/mol. The molecule has 108 valence electrons. The largest absolute Gasteiger partial charge is 0.352 e. The van der Waals surface area contributed by atoms with Crippen molar-refractivity contribution in [3.05, 3.63) is 30.2 Å². The van der Waals surface area contributed by atoms with Crippen LogP contribution < -0.4 is 9.80 Å². The zero-order valence-electron chi connectivity index (χ0n) is 11.7. The van der Waals surface area contributed by atoms with Gasteiger partial charge < -0.3 is 14.8 Å². The van der Waals surface area contributed by atoms with Crippen molar-refractivity contribution in [3.8, 4) is 0 Å². The van der Waals surface area contributed by atoms with Crippen molar-refractivity contribution in [2.24, 2.45) is 0 Å². The molecular weight excluding hydrogens is 284 g/mol. The van der Waals surface area contributed by atoms with Crippen LogP contribution >= 0.6 is 11.3 Å². The second-order valence-electron chi connectivity index (χ2n) is 5.24. The zero-order chi connectivity index (χ0) is 14.2. The van der Waals surface area contributed by atoms with E-state index in [-0.39, 0.29) is 0 Å². The highest BCUT2D eigenvalue weighted by atomic mass is 32.1. The molecule has 1 N–H and O–H groups in total. The molecule has 0 aromatic carbocycles. The van der Waals surface area contributed by atoms with Gasteiger partial charge in [-0.2, -0.15) is 0 Å². The van der Waals surface area contributed by atoms with Crippen LogP contribution in [0, 0.1) is 0 Å². The number of thiazole rings is 1. The first-order chi connectivity index (χ1) is 10.3. The molecule has 4 heterocycles. The molecule has 1 saturated heterocycles. The van der Waals surface area contributed by atoms with E-state index in [0.717, 1.165) is 41.6 Å². The van der Waals surface area contributed by atoms with Crippen molar-refractivity contribution in [1.29, 1.82) is 0 Å². The highest BCUT2D eigenvalue weighted by Gasteiger charge is 2.27. The Kier molecular flexibility index (Phi) is 2.99. The van der Waals surface area contributed by atoms with Crippen molar-refractivity contribution in [3.63, 3.8) is 0 Å². The van der Waals surface area contributed by atoms with Crippen molar-refractivity contribution in [1.82, 2.24) is 19.9 Å². The Balaban J connectivity index is 1.60. The first-order valence-corrected chi connectivity index (χ1v) is 7.90. The maximum absolute atomic E-state index is 4.49. The van der Waals surface area contributed by atoms with Crippen molar-refractivity contribution < 1.29 is 0 Å². The van der Waals surface area contributed by atoms with E-state index in [0.29, 0.717) is 6.04 Å². The summed E-state index contributed by atoms with van der Waals surface area (Å²) in [6.07, 6.45) is 5.41. The highest BCUT2D eigenvalue weighted by Crippen LogP contribution is 2.27. The molecule has 0 spiro atoms. The number of nitrogens with one attached hydrogen (secondary N) is 1. The van der Waals surface area contributed by atoms with Crippen molar-refractivity contribution >= 4 is 33.3 Å². The number of aromatic amines is 1. The maximum Gasteiger partial charge on any atom is 0.185 e. The fourth-order valence-electron chi connectivity index (χ4n) is 2.90. The van der Waals surface area contributed by atoms with Gasteiger partial charge in [0.1, 0.15) is 17.8 Å². The molecule has 0 aliphatic carbocycles. The molecular formula is C14H16N6S. The molecule has 0 unspecified atom stereocenters. The van der Waals surface area contributed by atoms with Gasteiger partial charge in [0.15, 0.2) is 5.13 Å². The molecule has 7 heteroatoms. The monoisotopic (exact) mass is 300 g/mol. The predicted molar refractivity (Wildman–Crippen MR) is 85.0 cm³/mol. The Bertz CT molecular complexity index is 737. The van der Waals surface area contributed by atoms with Gasteiger partial charge in [-0.3, -0.25) is 0 Å². The molecule has 1 aliphatic rings. The van der Waals surface area contributed by atoms with Crippen LogP contribution in [0.25, 0.3) is 11.0 Å². The number of anilines is 2. The number of H-pyrrole nitrogens is 1. The van der Waals surface area contributed by atoms with Crippen LogP contribution in [0.1, 0.15) is 6.92 Å². The number of rotatable bonds is 2. The molecule has 0 saturated carbocycles. The quantitative estimate of drug-likeness (QED) is 0.785. The van der Waals surface area contributed by atoms with E-state index < -0.39 is 0 Å². The van der Waals surface area contributed by atoms with Gasteiger partial charge in [-0.25, -0.2) is 15.0 Å². The summed E-state index contributed by atoms with van der Waals surface area (Å²) in [4.78, 5) is 21.0. The van der Waals surface area contributed by atoms with Gasteiger partial charge >= 0.3 is 0 Å². The van der Waals surface area contributed by atoms with Gasteiger partial charge in [0.05, 0.1) is 5.39 Å². The topological polar surface area (TPSA) is 60.9 Å². The van der Waals surface area contributed by atoms with E-state index in [9.17, 15) is 0 Å². The summed E-state index contributed by atoms with van der Waals surface area (Å²) in [5.74, 6) is 1.02. The summed E-state index contributed by atoms with van der Waals surface area (Å²) in [5, 5.41) is 4.23. The molecule has 21 heavy (non-hydrogen) atoms. The predicted octanol–water partition coefficient (Wildman–Crippen LogP) is 2.13. The van der Waals surface area contributed by atoms with Crippen molar-refractivity contribution in [2.75, 3.05) is 29.4 Å². The number of fused-ring (bicyclic) bond motifs is 1. The summed E-state index contributed by atoms with van der Waals surface area (Å²) in [5.41, 5.74) is 0.898. The van der Waals surface area contributed by atoms with Crippen LogP contribution in [0.2, 0.25) is 0 Å². The number of aromatic nitrogens is 4. The summed E-state index contributed by atoms with van der Waals surface area (Å²) in [6.45, 7) is 5.09. The van der Waals surface area contributed by atoms with Gasteiger partial charge in [0.2, 0.25) is 0 Å². The third-order valence-electron chi connectivity index (χ3n) is 3.92. The highest BCUT2D eigenvalue weighted by molar-refractivity contribution is 7.13. The Morgan fingerprint density at radius 3 is 3.05 bits per heavy atom. The van der Waals surface area contributed by atoms with Crippen LogP contribution in [0.15, 0.2) is 30.2 Å². The van der Waals surface area contributed by atoms with Gasteiger partial charge in [-0.15, -0.1) is 11.3 Å². The molecule has 6 nitrogen and oxygen atoms in total. The third-order valence-corrected chi connectivity index (χ3v) is 4.73. The van der Waals surface area contributed by atoms with Gasteiger partial charge in [0.25, 0.3) is 0 Å². The number of hydrogen-bond acceptors (Lipinski definition) is 6. The lowest BCUT2D eigenvalue weighted by Gasteiger charge is -2.40. The zero-order valence-corrected chi connectivity index (χ0v) is 12.5. The molecule has 1 aliphatic heterocycles. The normalized spacial score (nSPS) is 19.4. The fourth-order valence-corrected chi connectivity index (χ4v) is 3.67. The van der Waals surface area contributed by atoms with Crippen LogP contribution in [0.3, 0.4) is 0 Å². The van der Waals surface area contributed by atoms with Crippen LogP contribution in [0.5, 0.6) is 0 Å². The second kappa shape index (κ2) is 5.00. The van der Waals surface area contributed by atoms with Crippen LogP contribution in [0.4, 0.5) is 10.9 Å². The number of hydrogen-bond donors (Lipinski definition) is 1. The molecule has 0 radical (unpaired) electrons. The molecule has 3 aromatic rings. The van der Waals surface area contributed by atoms with E-state index in [2.05, 4.69) is 36.7 Å². The molecule has 1 fully saturated rings. The van der Waals surface area contributed by atoms with Crippen LogP contribution in [-0.4, -0.2) is 45.6 Å². The Hall–Kier alpha value is -2.15. The van der Waals surface area contributed by atoms with E-state index in [1.54, 1.807) is 17.7 Å². The lowest BCUT2D eigenvalue weighted by Crippen LogP contribution is -2.52. The minimum Gasteiger partial charge on any atom is -0.352 e. The van der Waals surface area contributed by atoms with E-state index in [1.165, 1.54) is 0 Å². The van der Waals surface area contributed by atoms with E-state index >= 15 is 0 Å². The lowest BCUT2D eigenvalue weighted by atomic mass is 10.2. The lowest BCUT2D eigenvalue weighted by molar-refractivity contribution is 0.547. The standard InChI is InChI=1S/C14H16N6S/c1-10-8-19(5-6-20(10)14-16-4-7-21-14)13-11-2-3-15-12(11)17-9-18-13/h2-4,7,9-10H,5-6,8H2,1H3,(H,15,17,18)/t10-/m1/s1. The van der Waals surface area contributed by atoms with Gasteiger partial charge in [0, 0.05) is 43.4 Å². The average Bonchev–Trinajstić information content (AvgIpc) is 3.17. The minimum atomic E-state index is 0.411. The SMILES string of the molecule is C[C@@H]1CN(c2ncnc3[nH]ccc23)CCN1c1nccs1. The summed E-state index contributed by atoms with van der Waals surface area (Å²) in [7, 11) is 0. The Morgan fingerprint density at radius 1 is 1.29 bits per heavy atom. The van der Waals surface area contributed by atoms with E-state index in [1.807, 2.05) is 23.8 Å². The summed E-state index contributed by atoms with van der Waals surface area (Å²) < 4.78 is 0. The first kappa shape index (κ1) is 12.6. The third kappa shape index (κ3) is 2.13. The summed E-state index contributed by atoms with van der Waals surface area (Å²) in [6, 6.07) is 2.46. The van der Waals surface area contributed by atoms with Crippen LogP contribution in [-0.2, 0) is 0 Å². The van der Waals surface area contributed by atoms with E-state index in [4.69, 9.17) is 0 Å². The smallest absolute Gasteiger partial charge is 0.185 e. The second-order valence-corrected chi connectivity index (χ2v) is 6.11. The Morgan fingerprint density at radius 2 is 2.24 bits per heavy atom. The van der Waals surface area contributed by atoms with Crippen molar-refractivity contribution in [2.45, 2.75) is 13.0 Å². The Labute approximate surface area is 126 Å². The molecule has 1 atom stereocenters. The van der Waals surface area contributed by atoms with Gasteiger partial charge in [-0.1, -0.05) is 0 Å². The molecule has 0 amide bonds. The minimum absolute atomic E-state index is 0.411. The summed E-state index contributed by atoms with van der Waals surface area (Å²) >= 11 is 1.70. The number of nitrogens with zero attached hydrogens (tertiary/aromatic N) is 5. The molecule has 3 aromatic heterocycles.